The number of aromatic nitrogens is 3. The van der Waals surface area contributed by atoms with E-state index in [1.54, 1.807) is 11.0 Å². The van der Waals surface area contributed by atoms with Gasteiger partial charge in [0.1, 0.15) is 18.3 Å². The van der Waals surface area contributed by atoms with Crippen molar-refractivity contribution in [2.75, 3.05) is 0 Å². The molecule has 0 fully saturated rings. The van der Waals surface area contributed by atoms with Crippen LogP contribution in [0.2, 0.25) is 5.02 Å². The Balaban J connectivity index is 2.34. The SMILES string of the molecule is CCCCC(O)(Cn1cncn1)c1ccc(Cl)cc1C. The van der Waals surface area contributed by atoms with Crippen LogP contribution in [-0.4, -0.2) is 19.9 Å². The van der Waals surface area contributed by atoms with Crippen molar-refractivity contribution in [3.63, 3.8) is 0 Å². The average Bonchev–Trinajstić information content (AvgIpc) is 2.88. The molecule has 0 radical (unpaired) electrons. The van der Waals surface area contributed by atoms with Crippen LogP contribution in [0.5, 0.6) is 0 Å². The Hall–Kier alpha value is -1.39. The number of halogens is 1. The minimum atomic E-state index is -0.946. The summed E-state index contributed by atoms with van der Waals surface area (Å²) in [5.74, 6) is 0. The summed E-state index contributed by atoms with van der Waals surface area (Å²) in [5.41, 5.74) is 0.959. The zero-order valence-corrected chi connectivity index (χ0v) is 12.6. The summed E-state index contributed by atoms with van der Waals surface area (Å²) < 4.78 is 1.67. The van der Waals surface area contributed by atoms with Crippen molar-refractivity contribution in [2.24, 2.45) is 0 Å². The molecule has 0 spiro atoms. The fraction of sp³-hybridized carbons (Fsp3) is 0.467. The van der Waals surface area contributed by atoms with Crippen molar-refractivity contribution in [1.82, 2.24) is 14.8 Å². The minimum Gasteiger partial charge on any atom is -0.383 e. The molecule has 2 rings (SSSR count). The number of hydrogen-bond donors (Lipinski definition) is 1. The molecule has 4 nitrogen and oxygen atoms in total. The Kier molecular flexibility index (Phi) is 4.78. The summed E-state index contributed by atoms with van der Waals surface area (Å²) in [6.07, 6.45) is 5.78. The minimum absolute atomic E-state index is 0.398. The maximum absolute atomic E-state index is 11.1. The van der Waals surface area contributed by atoms with Gasteiger partial charge in [-0.3, -0.25) is 0 Å². The lowest BCUT2D eigenvalue weighted by atomic mass is 9.86. The van der Waals surface area contributed by atoms with Gasteiger partial charge in [0.15, 0.2) is 0 Å². The van der Waals surface area contributed by atoms with Gasteiger partial charge in [0.05, 0.1) is 6.54 Å². The van der Waals surface area contributed by atoms with Gasteiger partial charge in [-0.25, -0.2) is 9.67 Å². The fourth-order valence-electron chi connectivity index (χ4n) is 2.50. The van der Waals surface area contributed by atoms with E-state index in [2.05, 4.69) is 17.0 Å². The number of aliphatic hydroxyl groups is 1. The van der Waals surface area contributed by atoms with Crippen molar-refractivity contribution in [1.29, 1.82) is 0 Å². The van der Waals surface area contributed by atoms with Gasteiger partial charge in [-0.1, -0.05) is 37.4 Å². The Morgan fingerprint density at radius 2 is 2.20 bits per heavy atom. The van der Waals surface area contributed by atoms with Crippen molar-refractivity contribution < 1.29 is 5.11 Å². The highest BCUT2D eigenvalue weighted by Crippen LogP contribution is 2.32. The molecule has 0 aliphatic heterocycles. The van der Waals surface area contributed by atoms with E-state index in [0.717, 1.165) is 24.0 Å². The lowest BCUT2D eigenvalue weighted by Crippen LogP contribution is -2.32. The topological polar surface area (TPSA) is 50.9 Å². The predicted molar refractivity (Wildman–Crippen MR) is 79.6 cm³/mol. The zero-order chi connectivity index (χ0) is 14.6. The molecule has 0 bridgehead atoms. The lowest BCUT2D eigenvalue weighted by Gasteiger charge is -2.30. The molecule has 20 heavy (non-hydrogen) atoms. The van der Waals surface area contributed by atoms with Gasteiger partial charge in [0.25, 0.3) is 0 Å². The summed E-state index contributed by atoms with van der Waals surface area (Å²) in [7, 11) is 0. The summed E-state index contributed by atoms with van der Waals surface area (Å²) in [5, 5.41) is 15.9. The molecule has 1 atom stereocenters. The Morgan fingerprint density at radius 1 is 1.40 bits per heavy atom. The predicted octanol–water partition coefficient (Wildman–Crippen LogP) is 3.32. The lowest BCUT2D eigenvalue weighted by molar-refractivity contribution is 0.00363. The molecular formula is C15H20ClN3O. The highest BCUT2D eigenvalue weighted by atomic mass is 35.5. The van der Waals surface area contributed by atoms with Gasteiger partial charge < -0.3 is 5.11 Å². The number of hydrogen-bond acceptors (Lipinski definition) is 3. The van der Waals surface area contributed by atoms with Crippen LogP contribution in [-0.2, 0) is 12.1 Å². The largest absolute Gasteiger partial charge is 0.383 e. The van der Waals surface area contributed by atoms with E-state index in [9.17, 15) is 5.11 Å². The van der Waals surface area contributed by atoms with E-state index in [4.69, 9.17) is 11.6 Å². The van der Waals surface area contributed by atoms with Crippen LogP contribution in [0.4, 0.5) is 0 Å². The molecule has 0 amide bonds. The molecule has 1 aromatic carbocycles. The van der Waals surface area contributed by atoms with Gasteiger partial charge in [-0.15, -0.1) is 0 Å². The van der Waals surface area contributed by atoms with Gasteiger partial charge in [-0.05, 0) is 36.6 Å². The van der Waals surface area contributed by atoms with Crippen LogP contribution in [0.25, 0.3) is 0 Å². The van der Waals surface area contributed by atoms with Crippen LogP contribution in [0.3, 0.4) is 0 Å². The van der Waals surface area contributed by atoms with Crippen LogP contribution in [0.1, 0.15) is 37.3 Å². The van der Waals surface area contributed by atoms with Gasteiger partial charge in [0.2, 0.25) is 0 Å². The Morgan fingerprint density at radius 3 is 2.80 bits per heavy atom. The van der Waals surface area contributed by atoms with E-state index in [1.807, 2.05) is 25.1 Å². The first kappa shape index (κ1) is 15.0. The van der Waals surface area contributed by atoms with Gasteiger partial charge in [-0.2, -0.15) is 5.10 Å². The highest BCUT2D eigenvalue weighted by molar-refractivity contribution is 6.30. The van der Waals surface area contributed by atoms with Crippen LogP contribution < -0.4 is 0 Å². The van der Waals surface area contributed by atoms with Crippen molar-refractivity contribution >= 4 is 11.6 Å². The normalized spacial score (nSPS) is 14.2. The highest BCUT2D eigenvalue weighted by Gasteiger charge is 2.31. The Labute approximate surface area is 124 Å². The zero-order valence-electron chi connectivity index (χ0n) is 11.9. The third-order valence-corrected chi connectivity index (χ3v) is 3.76. The average molecular weight is 294 g/mol. The fourth-order valence-corrected chi connectivity index (χ4v) is 2.73. The van der Waals surface area contributed by atoms with Gasteiger partial charge >= 0.3 is 0 Å². The van der Waals surface area contributed by atoms with Crippen LogP contribution in [0.15, 0.2) is 30.9 Å². The first-order valence-electron chi connectivity index (χ1n) is 6.86. The third-order valence-electron chi connectivity index (χ3n) is 3.52. The van der Waals surface area contributed by atoms with E-state index in [0.29, 0.717) is 18.0 Å². The molecule has 0 aliphatic rings. The van der Waals surface area contributed by atoms with Crippen LogP contribution >= 0.6 is 11.6 Å². The molecule has 1 N–H and O–H groups in total. The molecule has 0 aliphatic carbocycles. The summed E-state index contributed by atoms with van der Waals surface area (Å²) in [6, 6.07) is 5.61. The Bertz CT molecular complexity index is 556. The second-order valence-corrected chi connectivity index (χ2v) is 5.62. The van der Waals surface area contributed by atoms with Crippen LogP contribution in [0, 0.1) is 6.92 Å². The number of aryl methyl sites for hydroxylation is 1. The van der Waals surface area contributed by atoms with E-state index in [-0.39, 0.29) is 0 Å². The second kappa shape index (κ2) is 6.37. The first-order valence-corrected chi connectivity index (χ1v) is 7.24. The molecule has 1 aromatic heterocycles. The number of nitrogens with zero attached hydrogens (tertiary/aromatic N) is 3. The number of benzene rings is 1. The molecule has 1 heterocycles. The molecule has 0 saturated heterocycles. The third kappa shape index (κ3) is 3.38. The van der Waals surface area contributed by atoms with E-state index >= 15 is 0 Å². The summed E-state index contributed by atoms with van der Waals surface area (Å²) in [6.45, 7) is 4.49. The monoisotopic (exact) mass is 293 g/mol. The standard InChI is InChI=1S/C15H20ClN3O/c1-3-4-7-15(20,9-19-11-17-10-18-19)14-6-5-13(16)8-12(14)2/h5-6,8,10-11,20H,3-4,7,9H2,1-2H3. The van der Waals surface area contributed by atoms with Crippen molar-refractivity contribution in [3.8, 4) is 0 Å². The second-order valence-electron chi connectivity index (χ2n) is 5.19. The van der Waals surface area contributed by atoms with E-state index < -0.39 is 5.60 Å². The maximum Gasteiger partial charge on any atom is 0.137 e. The molecular weight excluding hydrogens is 274 g/mol. The molecule has 1 unspecified atom stereocenters. The number of unbranched alkanes of at least 4 members (excludes halogenated alkanes) is 1. The smallest absolute Gasteiger partial charge is 0.137 e. The quantitative estimate of drug-likeness (QED) is 0.889. The molecule has 0 saturated carbocycles. The first-order chi connectivity index (χ1) is 9.55. The molecule has 5 heteroatoms. The molecule has 2 aromatic rings. The van der Waals surface area contributed by atoms with Crippen molar-refractivity contribution in [3.05, 3.63) is 47.0 Å². The maximum atomic E-state index is 11.1. The molecule has 108 valence electrons. The van der Waals surface area contributed by atoms with Crippen molar-refractivity contribution in [2.45, 2.75) is 45.3 Å². The van der Waals surface area contributed by atoms with Gasteiger partial charge in [0, 0.05) is 5.02 Å². The van der Waals surface area contributed by atoms with E-state index in [1.165, 1.54) is 6.33 Å². The number of rotatable bonds is 6. The summed E-state index contributed by atoms with van der Waals surface area (Å²) in [4.78, 5) is 3.94. The summed E-state index contributed by atoms with van der Waals surface area (Å²) >= 11 is 6.00.